The summed E-state index contributed by atoms with van der Waals surface area (Å²) < 4.78 is 0. The third kappa shape index (κ3) is 3.66. The molecule has 2 aromatic rings. The summed E-state index contributed by atoms with van der Waals surface area (Å²) in [5.41, 5.74) is 2.82. The summed E-state index contributed by atoms with van der Waals surface area (Å²) in [6.45, 7) is 0. The number of hydrogen-bond donors (Lipinski definition) is 0. The average Bonchev–Trinajstić information content (AvgIpc) is 2.39. The third-order valence-electron chi connectivity index (χ3n) is 2.72. The zero-order chi connectivity index (χ0) is 13.8. The number of rotatable bonds is 4. The molecule has 0 radical (unpaired) electrons. The highest BCUT2D eigenvalue weighted by molar-refractivity contribution is 6.68. The van der Waals surface area contributed by atoms with E-state index in [0.717, 1.165) is 11.1 Å². The number of carbonyl (C=O) groups excluding carboxylic acids is 2. The fraction of sp³-hybridized carbons (Fsp3) is 0.0667. The molecule has 0 heterocycles. The summed E-state index contributed by atoms with van der Waals surface area (Å²) in [6.07, 6.45) is 0.607. The topological polar surface area (TPSA) is 34.1 Å². The summed E-state index contributed by atoms with van der Waals surface area (Å²) in [5, 5.41) is -0.960. The second-order valence-electron chi connectivity index (χ2n) is 4.12. The molecular weight excluding hydrogens is 283 g/mol. The van der Waals surface area contributed by atoms with Gasteiger partial charge in [-0.05, 0) is 52.9 Å². The van der Waals surface area contributed by atoms with Crippen LogP contribution in [-0.2, 0) is 6.42 Å². The van der Waals surface area contributed by atoms with Gasteiger partial charge in [-0.15, -0.1) is 0 Å². The first kappa shape index (κ1) is 13.8. The Bertz CT molecular complexity index is 580. The standard InChI is InChI=1S/C15H10Cl2O2/c16-14(18)12-5-1-3-10(8-12)7-11-4-2-6-13(9-11)15(17)19/h1-6,8-9H,7H2. The van der Waals surface area contributed by atoms with E-state index in [1.807, 2.05) is 12.1 Å². The van der Waals surface area contributed by atoms with Crippen molar-refractivity contribution < 1.29 is 9.59 Å². The van der Waals surface area contributed by atoms with Crippen LogP contribution in [-0.4, -0.2) is 10.5 Å². The summed E-state index contributed by atoms with van der Waals surface area (Å²) in [7, 11) is 0. The molecule has 0 atom stereocenters. The molecule has 0 bridgehead atoms. The first-order chi connectivity index (χ1) is 9.06. The molecule has 0 unspecified atom stereocenters. The van der Waals surface area contributed by atoms with Gasteiger partial charge in [-0.3, -0.25) is 9.59 Å². The molecule has 2 aromatic carbocycles. The molecular formula is C15H10Cl2O2. The average molecular weight is 293 g/mol. The molecule has 0 aliphatic rings. The van der Waals surface area contributed by atoms with Crippen LogP contribution < -0.4 is 0 Å². The molecule has 0 spiro atoms. The monoisotopic (exact) mass is 292 g/mol. The van der Waals surface area contributed by atoms with E-state index in [0.29, 0.717) is 17.5 Å². The number of benzene rings is 2. The van der Waals surface area contributed by atoms with Crippen LogP contribution in [0.4, 0.5) is 0 Å². The summed E-state index contributed by atoms with van der Waals surface area (Å²) >= 11 is 10.9. The zero-order valence-electron chi connectivity index (χ0n) is 9.90. The fourth-order valence-corrected chi connectivity index (χ4v) is 2.08. The first-order valence-electron chi connectivity index (χ1n) is 5.64. The predicted molar refractivity (Wildman–Crippen MR) is 76.1 cm³/mol. The Morgan fingerprint density at radius 2 is 1.21 bits per heavy atom. The van der Waals surface area contributed by atoms with Crippen LogP contribution in [0, 0.1) is 0 Å². The van der Waals surface area contributed by atoms with Crippen LogP contribution in [0.2, 0.25) is 0 Å². The second-order valence-corrected chi connectivity index (χ2v) is 4.81. The van der Waals surface area contributed by atoms with Crippen LogP contribution in [0.3, 0.4) is 0 Å². The molecule has 0 aliphatic carbocycles. The van der Waals surface area contributed by atoms with Gasteiger partial charge in [0.25, 0.3) is 10.5 Å². The van der Waals surface area contributed by atoms with Crippen molar-refractivity contribution in [3.8, 4) is 0 Å². The smallest absolute Gasteiger partial charge is 0.252 e. The van der Waals surface area contributed by atoms with Gasteiger partial charge in [0.2, 0.25) is 0 Å². The number of carbonyl (C=O) groups is 2. The van der Waals surface area contributed by atoms with E-state index in [1.54, 1.807) is 36.4 Å². The lowest BCUT2D eigenvalue weighted by atomic mass is 10.0. The molecule has 19 heavy (non-hydrogen) atoms. The minimum atomic E-state index is -0.480. The van der Waals surface area contributed by atoms with Crippen molar-refractivity contribution in [1.29, 1.82) is 0 Å². The highest BCUT2D eigenvalue weighted by Crippen LogP contribution is 2.15. The molecule has 0 saturated heterocycles. The molecule has 2 rings (SSSR count). The highest BCUT2D eigenvalue weighted by Gasteiger charge is 2.05. The second kappa shape index (κ2) is 6.00. The van der Waals surface area contributed by atoms with Crippen LogP contribution in [0.25, 0.3) is 0 Å². The predicted octanol–water partition coefficient (Wildman–Crippen LogP) is 4.04. The van der Waals surface area contributed by atoms with Crippen molar-refractivity contribution in [2.24, 2.45) is 0 Å². The van der Waals surface area contributed by atoms with Gasteiger partial charge in [0.15, 0.2) is 0 Å². The van der Waals surface area contributed by atoms with E-state index >= 15 is 0 Å². The Labute approximate surface area is 121 Å². The SMILES string of the molecule is O=C(Cl)c1cccc(Cc2cccc(C(=O)Cl)c2)c1. The Morgan fingerprint density at radius 1 is 0.789 bits per heavy atom. The van der Waals surface area contributed by atoms with Gasteiger partial charge in [0.05, 0.1) is 0 Å². The van der Waals surface area contributed by atoms with Crippen molar-refractivity contribution in [2.75, 3.05) is 0 Å². The first-order valence-corrected chi connectivity index (χ1v) is 6.39. The largest absolute Gasteiger partial charge is 0.276 e. The normalized spacial score (nSPS) is 10.2. The number of hydrogen-bond acceptors (Lipinski definition) is 2. The van der Waals surface area contributed by atoms with E-state index in [-0.39, 0.29) is 0 Å². The summed E-state index contributed by atoms with van der Waals surface area (Å²) in [4.78, 5) is 22.2. The molecule has 0 fully saturated rings. The van der Waals surface area contributed by atoms with Gasteiger partial charge in [-0.1, -0.05) is 36.4 Å². The van der Waals surface area contributed by atoms with Gasteiger partial charge in [0, 0.05) is 11.1 Å². The Kier molecular flexibility index (Phi) is 4.35. The minimum absolute atomic E-state index is 0.462. The van der Waals surface area contributed by atoms with Gasteiger partial charge >= 0.3 is 0 Å². The lowest BCUT2D eigenvalue weighted by Gasteiger charge is -2.04. The maximum absolute atomic E-state index is 11.1. The van der Waals surface area contributed by atoms with Gasteiger partial charge in [0.1, 0.15) is 0 Å². The Hall–Kier alpha value is -1.64. The van der Waals surface area contributed by atoms with Crippen molar-refractivity contribution in [2.45, 2.75) is 6.42 Å². The van der Waals surface area contributed by atoms with Crippen LogP contribution in [0.15, 0.2) is 48.5 Å². The molecule has 0 aliphatic heterocycles. The molecule has 0 amide bonds. The van der Waals surface area contributed by atoms with Crippen molar-refractivity contribution >= 4 is 33.7 Å². The fourth-order valence-electron chi connectivity index (χ4n) is 1.84. The number of halogens is 2. The van der Waals surface area contributed by atoms with E-state index in [1.165, 1.54) is 0 Å². The summed E-state index contributed by atoms with van der Waals surface area (Å²) in [6, 6.07) is 14.2. The maximum Gasteiger partial charge on any atom is 0.252 e. The van der Waals surface area contributed by atoms with Gasteiger partial charge < -0.3 is 0 Å². The van der Waals surface area contributed by atoms with Crippen LogP contribution in [0.1, 0.15) is 31.8 Å². The lowest BCUT2D eigenvalue weighted by Crippen LogP contribution is -1.95. The molecule has 0 saturated carbocycles. The van der Waals surface area contributed by atoms with E-state index in [4.69, 9.17) is 23.2 Å². The van der Waals surface area contributed by atoms with Gasteiger partial charge in [-0.25, -0.2) is 0 Å². The molecule has 96 valence electrons. The molecule has 0 aromatic heterocycles. The molecule has 2 nitrogen and oxygen atoms in total. The molecule has 4 heteroatoms. The summed E-state index contributed by atoms with van der Waals surface area (Å²) in [5.74, 6) is 0. The highest BCUT2D eigenvalue weighted by atomic mass is 35.5. The van der Waals surface area contributed by atoms with Crippen LogP contribution >= 0.6 is 23.2 Å². The van der Waals surface area contributed by atoms with Crippen molar-refractivity contribution in [1.82, 2.24) is 0 Å². The third-order valence-corrected chi connectivity index (χ3v) is 3.15. The molecule has 0 N–H and O–H groups in total. The zero-order valence-corrected chi connectivity index (χ0v) is 11.4. The van der Waals surface area contributed by atoms with Crippen molar-refractivity contribution in [3.05, 3.63) is 70.8 Å². The van der Waals surface area contributed by atoms with Crippen LogP contribution in [0.5, 0.6) is 0 Å². The lowest BCUT2D eigenvalue weighted by molar-refractivity contribution is 0.107. The minimum Gasteiger partial charge on any atom is -0.276 e. The maximum atomic E-state index is 11.1. The van der Waals surface area contributed by atoms with E-state index < -0.39 is 10.5 Å². The van der Waals surface area contributed by atoms with E-state index in [2.05, 4.69) is 0 Å². The van der Waals surface area contributed by atoms with E-state index in [9.17, 15) is 9.59 Å². The van der Waals surface area contributed by atoms with Gasteiger partial charge in [-0.2, -0.15) is 0 Å². The Morgan fingerprint density at radius 3 is 1.58 bits per heavy atom. The van der Waals surface area contributed by atoms with Crippen molar-refractivity contribution in [3.63, 3.8) is 0 Å². The Balaban J connectivity index is 2.26. The quantitative estimate of drug-likeness (QED) is 0.797.